The summed E-state index contributed by atoms with van der Waals surface area (Å²) in [6.45, 7) is 6.01. The first kappa shape index (κ1) is 15.0. The van der Waals surface area contributed by atoms with Gasteiger partial charge in [-0.1, -0.05) is 40.0 Å². The molecule has 112 valence electrons. The van der Waals surface area contributed by atoms with Gasteiger partial charge in [-0.15, -0.1) is 10.2 Å². The Balaban J connectivity index is 2.07. The first-order chi connectivity index (χ1) is 9.31. The summed E-state index contributed by atoms with van der Waals surface area (Å²) in [5.74, 6) is 0.477. The van der Waals surface area contributed by atoms with Crippen LogP contribution in [-0.2, 0) is 16.6 Å². The first-order valence-electron chi connectivity index (χ1n) is 7.35. The van der Waals surface area contributed by atoms with Gasteiger partial charge in [0.15, 0.2) is 0 Å². The lowest BCUT2D eigenvalue weighted by Crippen LogP contribution is -2.25. The number of hydrogen-bond acceptors (Lipinski definition) is 4. The SMILES string of the molecule is CC(C)(CC(=O)O)Cc1nnc(C2(C)CCCCC2)o1. The van der Waals surface area contributed by atoms with E-state index in [-0.39, 0.29) is 17.3 Å². The molecule has 5 heteroatoms. The van der Waals surface area contributed by atoms with E-state index in [0.717, 1.165) is 18.7 Å². The molecule has 1 aliphatic rings. The van der Waals surface area contributed by atoms with Gasteiger partial charge in [0.25, 0.3) is 0 Å². The molecule has 1 fully saturated rings. The second-order valence-corrected chi connectivity index (χ2v) is 7.03. The monoisotopic (exact) mass is 280 g/mol. The van der Waals surface area contributed by atoms with Gasteiger partial charge in [0.1, 0.15) is 0 Å². The molecular formula is C15H24N2O3. The average Bonchev–Trinajstić information content (AvgIpc) is 2.76. The molecule has 1 aliphatic carbocycles. The van der Waals surface area contributed by atoms with Crippen LogP contribution in [0.25, 0.3) is 0 Å². The number of rotatable bonds is 5. The molecule has 1 saturated carbocycles. The Kier molecular flexibility index (Phi) is 4.16. The van der Waals surface area contributed by atoms with E-state index in [2.05, 4.69) is 17.1 Å². The van der Waals surface area contributed by atoms with E-state index in [1.807, 2.05) is 13.8 Å². The van der Waals surface area contributed by atoms with E-state index in [9.17, 15) is 4.79 Å². The molecule has 1 aromatic heterocycles. The van der Waals surface area contributed by atoms with Crippen LogP contribution in [0.2, 0.25) is 0 Å². The summed E-state index contributed by atoms with van der Waals surface area (Å²) >= 11 is 0. The lowest BCUT2D eigenvalue weighted by atomic mass is 9.76. The van der Waals surface area contributed by atoms with E-state index < -0.39 is 5.97 Å². The van der Waals surface area contributed by atoms with Crippen LogP contribution in [0.4, 0.5) is 0 Å². The smallest absolute Gasteiger partial charge is 0.303 e. The highest BCUT2D eigenvalue weighted by Gasteiger charge is 2.35. The minimum absolute atomic E-state index is 0.000437. The van der Waals surface area contributed by atoms with Gasteiger partial charge in [0.2, 0.25) is 11.8 Å². The minimum atomic E-state index is -0.797. The summed E-state index contributed by atoms with van der Waals surface area (Å²) in [5.41, 5.74) is -0.371. The third-order valence-electron chi connectivity index (χ3n) is 4.20. The molecule has 1 N–H and O–H groups in total. The van der Waals surface area contributed by atoms with Crippen molar-refractivity contribution in [2.24, 2.45) is 5.41 Å². The molecule has 0 bridgehead atoms. The third kappa shape index (κ3) is 3.58. The van der Waals surface area contributed by atoms with Crippen LogP contribution in [0.15, 0.2) is 4.42 Å². The lowest BCUT2D eigenvalue weighted by molar-refractivity contribution is -0.139. The van der Waals surface area contributed by atoms with Gasteiger partial charge in [0.05, 0.1) is 6.42 Å². The zero-order valence-corrected chi connectivity index (χ0v) is 12.6. The molecule has 1 aromatic rings. The number of carboxylic acid groups (broad SMARTS) is 1. The average molecular weight is 280 g/mol. The molecule has 0 unspecified atom stereocenters. The van der Waals surface area contributed by atoms with Crippen molar-refractivity contribution in [2.75, 3.05) is 0 Å². The van der Waals surface area contributed by atoms with Crippen molar-refractivity contribution in [3.8, 4) is 0 Å². The van der Waals surface area contributed by atoms with Crippen LogP contribution in [0.5, 0.6) is 0 Å². The van der Waals surface area contributed by atoms with Crippen molar-refractivity contribution >= 4 is 5.97 Å². The maximum atomic E-state index is 10.8. The summed E-state index contributed by atoms with van der Waals surface area (Å²) < 4.78 is 5.83. The number of hydrogen-bond donors (Lipinski definition) is 1. The molecule has 0 saturated heterocycles. The van der Waals surface area contributed by atoms with E-state index in [1.54, 1.807) is 0 Å². The summed E-state index contributed by atoms with van der Waals surface area (Å²) in [6.07, 6.45) is 6.48. The molecule has 0 amide bonds. The topological polar surface area (TPSA) is 76.2 Å². The Labute approximate surface area is 119 Å². The Morgan fingerprint density at radius 3 is 2.55 bits per heavy atom. The second-order valence-electron chi connectivity index (χ2n) is 7.03. The largest absolute Gasteiger partial charge is 0.481 e. The predicted octanol–water partition coefficient (Wildman–Crippen LogP) is 3.33. The van der Waals surface area contributed by atoms with Gasteiger partial charge in [0, 0.05) is 11.8 Å². The van der Waals surface area contributed by atoms with Crippen LogP contribution in [0, 0.1) is 5.41 Å². The normalized spacial score (nSPS) is 18.9. The Hall–Kier alpha value is -1.39. The van der Waals surface area contributed by atoms with Crippen LogP contribution in [-0.4, -0.2) is 21.3 Å². The molecule has 20 heavy (non-hydrogen) atoms. The van der Waals surface area contributed by atoms with Crippen LogP contribution in [0.3, 0.4) is 0 Å². The number of nitrogens with zero attached hydrogens (tertiary/aromatic N) is 2. The first-order valence-corrected chi connectivity index (χ1v) is 7.35. The van der Waals surface area contributed by atoms with Crippen molar-refractivity contribution in [2.45, 2.75) is 71.1 Å². The van der Waals surface area contributed by atoms with Crippen LogP contribution < -0.4 is 0 Å². The lowest BCUT2D eigenvalue weighted by Gasteiger charge is -2.29. The van der Waals surface area contributed by atoms with Crippen LogP contribution in [0.1, 0.15) is 71.1 Å². The standard InChI is InChI=1S/C15H24N2O3/c1-14(2,10-12(18)19)9-11-16-17-13(20-11)15(3)7-5-4-6-8-15/h4-10H2,1-3H3,(H,18,19). The van der Waals surface area contributed by atoms with Gasteiger partial charge in [-0.05, 0) is 18.3 Å². The van der Waals surface area contributed by atoms with E-state index in [0.29, 0.717) is 12.3 Å². The molecule has 5 nitrogen and oxygen atoms in total. The fourth-order valence-electron chi connectivity index (χ4n) is 3.00. The van der Waals surface area contributed by atoms with E-state index in [1.165, 1.54) is 19.3 Å². The Morgan fingerprint density at radius 1 is 1.30 bits per heavy atom. The molecular weight excluding hydrogens is 256 g/mol. The van der Waals surface area contributed by atoms with Gasteiger partial charge < -0.3 is 9.52 Å². The number of aliphatic carboxylic acids is 1. The molecule has 0 aromatic carbocycles. The van der Waals surface area contributed by atoms with Crippen molar-refractivity contribution in [3.05, 3.63) is 11.8 Å². The molecule has 0 spiro atoms. The number of aromatic nitrogens is 2. The van der Waals surface area contributed by atoms with E-state index >= 15 is 0 Å². The fourth-order valence-corrected chi connectivity index (χ4v) is 3.00. The zero-order chi connectivity index (χ0) is 14.8. The quantitative estimate of drug-likeness (QED) is 0.895. The van der Waals surface area contributed by atoms with Crippen molar-refractivity contribution in [3.63, 3.8) is 0 Å². The Morgan fingerprint density at radius 2 is 1.95 bits per heavy atom. The van der Waals surface area contributed by atoms with Gasteiger partial charge in [-0.3, -0.25) is 4.79 Å². The highest BCUT2D eigenvalue weighted by atomic mass is 16.4. The molecule has 0 radical (unpaired) electrons. The van der Waals surface area contributed by atoms with E-state index in [4.69, 9.17) is 9.52 Å². The zero-order valence-electron chi connectivity index (χ0n) is 12.6. The van der Waals surface area contributed by atoms with Gasteiger partial charge in [-0.25, -0.2) is 0 Å². The molecule has 0 atom stereocenters. The molecule has 0 aliphatic heterocycles. The summed E-state index contributed by atoms with van der Waals surface area (Å²) in [5, 5.41) is 17.2. The summed E-state index contributed by atoms with van der Waals surface area (Å²) in [4.78, 5) is 10.8. The summed E-state index contributed by atoms with van der Waals surface area (Å²) in [7, 11) is 0. The minimum Gasteiger partial charge on any atom is -0.481 e. The molecule has 1 heterocycles. The maximum absolute atomic E-state index is 10.8. The van der Waals surface area contributed by atoms with Gasteiger partial charge >= 0.3 is 5.97 Å². The number of carbonyl (C=O) groups is 1. The van der Waals surface area contributed by atoms with Crippen molar-refractivity contribution < 1.29 is 14.3 Å². The summed E-state index contributed by atoms with van der Waals surface area (Å²) in [6, 6.07) is 0. The number of carboxylic acids is 1. The fraction of sp³-hybridized carbons (Fsp3) is 0.800. The maximum Gasteiger partial charge on any atom is 0.303 e. The molecule has 2 rings (SSSR count). The third-order valence-corrected chi connectivity index (χ3v) is 4.20. The van der Waals surface area contributed by atoms with Gasteiger partial charge in [-0.2, -0.15) is 0 Å². The Bertz CT molecular complexity index is 473. The van der Waals surface area contributed by atoms with Crippen molar-refractivity contribution in [1.29, 1.82) is 0 Å². The highest BCUT2D eigenvalue weighted by Crippen LogP contribution is 2.38. The van der Waals surface area contributed by atoms with Crippen molar-refractivity contribution in [1.82, 2.24) is 10.2 Å². The second kappa shape index (κ2) is 5.54. The predicted molar refractivity (Wildman–Crippen MR) is 74.5 cm³/mol. The highest BCUT2D eigenvalue weighted by molar-refractivity contribution is 5.67. The van der Waals surface area contributed by atoms with Crippen LogP contribution >= 0.6 is 0 Å².